The number of carbonyl (C=O) groups is 1. The largest absolute Gasteiger partial charge is 0.395 e. The van der Waals surface area contributed by atoms with Gasteiger partial charge in [-0.3, -0.25) is 15.5 Å². The Hall–Kier alpha value is -1.77. The molecule has 1 saturated heterocycles. The van der Waals surface area contributed by atoms with Crippen molar-refractivity contribution < 1.29 is 18.7 Å². The number of halogens is 2. The fraction of sp³-hybridized carbons (Fsp3) is 0.462. The van der Waals surface area contributed by atoms with Crippen LogP contribution in [0.4, 0.5) is 14.5 Å². The summed E-state index contributed by atoms with van der Waals surface area (Å²) in [6.07, 6.45) is 0. The monoisotopic (exact) mass is 300 g/mol. The Morgan fingerprint density at radius 1 is 1.24 bits per heavy atom. The van der Waals surface area contributed by atoms with Crippen LogP contribution in [0.1, 0.15) is 10.4 Å². The molecule has 4 N–H and O–H groups in total. The van der Waals surface area contributed by atoms with Gasteiger partial charge >= 0.3 is 0 Å². The number of nitrogens with zero attached hydrogens (tertiary/aromatic N) is 2. The lowest BCUT2D eigenvalue weighted by atomic mass is 10.1. The van der Waals surface area contributed by atoms with E-state index in [0.29, 0.717) is 32.7 Å². The number of aliphatic hydroxyl groups is 1. The third kappa shape index (κ3) is 3.46. The van der Waals surface area contributed by atoms with E-state index in [1.807, 2.05) is 10.3 Å². The molecule has 1 aromatic carbocycles. The summed E-state index contributed by atoms with van der Waals surface area (Å²) in [6, 6.07) is 1.95. The van der Waals surface area contributed by atoms with Crippen LogP contribution in [0.5, 0.6) is 0 Å². The van der Waals surface area contributed by atoms with E-state index in [4.69, 9.17) is 10.9 Å². The van der Waals surface area contributed by atoms with Gasteiger partial charge in [-0.2, -0.15) is 0 Å². The molecule has 1 heterocycles. The van der Waals surface area contributed by atoms with Crippen molar-refractivity contribution in [1.82, 2.24) is 9.80 Å². The second-order valence-corrected chi connectivity index (χ2v) is 4.82. The van der Waals surface area contributed by atoms with E-state index in [1.54, 1.807) is 0 Å². The summed E-state index contributed by atoms with van der Waals surface area (Å²) in [4.78, 5) is 15.8. The lowest BCUT2D eigenvalue weighted by Crippen LogP contribution is -2.49. The number of aliphatic hydroxyl groups excluding tert-OH is 1. The number of hydrazine groups is 1. The van der Waals surface area contributed by atoms with Gasteiger partial charge in [0.05, 0.1) is 6.61 Å². The molecule has 0 aliphatic carbocycles. The van der Waals surface area contributed by atoms with Gasteiger partial charge < -0.3 is 15.4 Å². The van der Waals surface area contributed by atoms with Gasteiger partial charge in [-0.25, -0.2) is 8.78 Å². The SMILES string of the molecule is NNc1c(F)cc(C(=O)N2CCN(CCO)CC2)cc1F. The van der Waals surface area contributed by atoms with E-state index in [1.165, 1.54) is 4.90 Å². The van der Waals surface area contributed by atoms with Crippen LogP contribution in [0.2, 0.25) is 0 Å². The highest BCUT2D eigenvalue weighted by Gasteiger charge is 2.23. The summed E-state index contributed by atoms with van der Waals surface area (Å²) in [5, 5.41) is 8.86. The molecule has 1 aliphatic heterocycles. The Balaban J connectivity index is 2.07. The minimum atomic E-state index is -0.903. The normalized spacial score (nSPS) is 16.1. The van der Waals surface area contributed by atoms with Crippen LogP contribution in [0.25, 0.3) is 0 Å². The molecule has 0 aromatic heterocycles. The highest BCUT2D eigenvalue weighted by atomic mass is 19.1. The fourth-order valence-corrected chi connectivity index (χ4v) is 2.33. The number of hydrogen-bond donors (Lipinski definition) is 3. The van der Waals surface area contributed by atoms with E-state index >= 15 is 0 Å². The van der Waals surface area contributed by atoms with Crippen molar-refractivity contribution in [2.45, 2.75) is 0 Å². The average Bonchev–Trinajstić information content (AvgIpc) is 2.47. The molecule has 8 heteroatoms. The lowest BCUT2D eigenvalue weighted by molar-refractivity contribution is 0.0614. The fourth-order valence-electron chi connectivity index (χ4n) is 2.33. The van der Waals surface area contributed by atoms with Crippen molar-refractivity contribution in [3.8, 4) is 0 Å². The van der Waals surface area contributed by atoms with Crippen LogP contribution in [-0.4, -0.2) is 60.1 Å². The number of β-amino-alcohol motifs (C(OH)–C–C–N with tert-alkyl or cyclic N) is 1. The Labute approximate surface area is 121 Å². The van der Waals surface area contributed by atoms with E-state index in [2.05, 4.69) is 0 Å². The van der Waals surface area contributed by atoms with Gasteiger partial charge in [0.15, 0.2) is 11.6 Å². The standard InChI is InChI=1S/C13H18F2N4O2/c14-10-7-9(8-11(15)12(10)17-16)13(21)19-3-1-18(2-4-19)5-6-20/h7-8,17,20H,1-6,16H2. The summed E-state index contributed by atoms with van der Waals surface area (Å²) >= 11 is 0. The van der Waals surface area contributed by atoms with Crippen LogP contribution in [0, 0.1) is 11.6 Å². The van der Waals surface area contributed by atoms with Crippen LogP contribution in [0.3, 0.4) is 0 Å². The van der Waals surface area contributed by atoms with E-state index in [-0.39, 0.29) is 12.2 Å². The first-order valence-corrected chi connectivity index (χ1v) is 6.65. The third-order valence-electron chi connectivity index (χ3n) is 3.51. The number of piperazine rings is 1. The van der Waals surface area contributed by atoms with Gasteiger partial charge in [-0.1, -0.05) is 0 Å². The van der Waals surface area contributed by atoms with Gasteiger partial charge in [0.1, 0.15) is 5.69 Å². The number of anilines is 1. The van der Waals surface area contributed by atoms with Crippen molar-refractivity contribution >= 4 is 11.6 Å². The first kappa shape index (κ1) is 15.6. The topological polar surface area (TPSA) is 81.8 Å². The number of nitrogen functional groups attached to an aromatic ring is 1. The van der Waals surface area contributed by atoms with Crippen molar-refractivity contribution in [2.24, 2.45) is 5.84 Å². The van der Waals surface area contributed by atoms with Crippen molar-refractivity contribution in [3.63, 3.8) is 0 Å². The molecule has 116 valence electrons. The Morgan fingerprint density at radius 3 is 2.29 bits per heavy atom. The molecule has 0 radical (unpaired) electrons. The highest BCUT2D eigenvalue weighted by Crippen LogP contribution is 2.21. The van der Waals surface area contributed by atoms with Gasteiger partial charge in [0.25, 0.3) is 5.91 Å². The number of rotatable bonds is 4. The second-order valence-electron chi connectivity index (χ2n) is 4.82. The molecule has 1 fully saturated rings. The molecule has 0 atom stereocenters. The summed E-state index contributed by atoms with van der Waals surface area (Å²) < 4.78 is 27.2. The Kier molecular flexibility index (Phi) is 5.05. The zero-order chi connectivity index (χ0) is 15.4. The Bertz CT molecular complexity index is 496. The molecule has 0 spiro atoms. The molecule has 0 bridgehead atoms. The predicted molar refractivity (Wildman–Crippen MR) is 73.6 cm³/mol. The van der Waals surface area contributed by atoms with Crippen LogP contribution < -0.4 is 11.3 Å². The van der Waals surface area contributed by atoms with Gasteiger partial charge in [-0.15, -0.1) is 0 Å². The van der Waals surface area contributed by atoms with Gasteiger partial charge in [0.2, 0.25) is 0 Å². The zero-order valence-corrected chi connectivity index (χ0v) is 11.5. The van der Waals surface area contributed by atoms with Crippen LogP contribution >= 0.6 is 0 Å². The maximum atomic E-state index is 13.6. The van der Waals surface area contributed by atoms with Gasteiger partial charge in [0, 0.05) is 38.3 Å². The first-order valence-electron chi connectivity index (χ1n) is 6.65. The minimum absolute atomic E-state index is 0.0420. The number of benzene rings is 1. The molecule has 1 aliphatic rings. The van der Waals surface area contributed by atoms with Gasteiger partial charge in [-0.05, 0) is 12.1 Å². The molecule has 6 nitrogen and oxygen atoms in total. The quantitative estimate of drug-likeness (QED) is 0.539. The lowest BCUT2D eigenvalue weighted by Gasteiger charge is -2.34. The Morgan fingerprint density at radius 2 is 1.81 bits per heavy atom. The maximum absolute atomic E-state index is 13.6. The summed E-state index contributed by atoms with van der Waals surface area (Å²) in [7, 11) is 0. The van der Waals surface area contributed by atoms with E-state index in [9.17, 15) is 13.6 Å². The molecule has 0 saturated carbocycles. The van der Waals surface area contributed by atoms with E-state index in [0.717, 1.165) is 12.1 Å². The third-order valence-corrected chi connectivity index (χ3v) is 3.51. The number of nitrogens with two attached hydrogens (primary N) is 1. The molecule has 1 aromatic rings. The van der Waals surface area contributed by atoms with Crippen molar-refractivity contribution in [1.29, 1.82) is 0 Å². The minimum Gasteiger partial charge on any atom is -0.395 e. The molecule has 1 amide bonds. The molecule has 2 rings (SSSR count). The zero-order valence-electron chi connectivity index (χ0n) is 11.5. The number of amides is 1. The molecular weight excluding hydrogens is 282 g/mol. The summed E-state index contributed by atoms with van der Waals surface area (Å²) in [5.74, 6) is 2.79. The second kappa shape index (κ2) is 6.79. The predicted octanol–water partition coefficient (Wildman–Crippen LogP) is 0.000500. The number of nitrogens with one attached hydrogen (secondary N) is 1. The molecule has 21 heavy (non-hydrogen) atoms. The average molecular weight is 300 g/mol. The first-order chi connectivity index (χ1) is 10.1. The van der Waals surface area contributed by atoms with Crippen LogP contribution in [-0.2, 0) is 0 Å². The number of carbonyl (C=O) groups excluding carboxylic acids is 1. The summed E-state index contributed by atoms with van der Waals surface area (Å²) in [6.45, 7) is 2.79. The highest BCUT2D eigenvalue weighted by molar-refractivity contribution is 5.94. The summed E-state index contributed by atoms with van der Waals surface area (Å²) in [5.41, 5.74) is 1.42. The van der Waals surface area contributed by atoms with E-state index < -0.39 is 23.2 Å². The molecular formula is C13H18F2N4O2. The van der Waals surface area contributed by atoms with Crippen molar-refractivity contribution in [2.75, 3.05) is 44.8 Å². The smallest absolute Gasteiger partial charge is 0.254 e. The maximum Gasteiger partial charge on any atom is 0.254 e. The molecule has 0 unspecified atom stereocenters. The van der Waals surface area contributed by atoms with Crippen molar-refractivity contribution in [3.05, 3.63) is 29.3 Å². The number of hydrogen-bond acceptors (Lipinski definition) is 5. The van der Waals surface area contributed by atoms with Crippen LogP contribution in [0.15, 0.2) is 12.1 Å².